The van der Waals surface area contributed by atoms with Gasteiger partial charge in [0.15, 0.2) is 0 Å². The van der Waals surface area contributed by atoms with Gasteiger partial charge in [0.05, 0.1) is 11.9 Å². The zero-order valence-corrected chi connectivity index (χ0v) is 16.4. The number of nitrogens with zero attached hydrogens (tertiary/aromatic N) is 2. The summed E-state index contributed by atoms with van der Waals surface area (Å²) in [6.07, 6.45) is 6.73. The summed E-state index contributed by atoms with van der Waals surface area (Å²) >= 11 is 9.32. The molecule has 0 bridgehead atoms. The van der Waals surface area contributed by atoms with Crippen LogP contribution in [0.1, 0.15) is 32.1 Å². The number of hydrogen-bond donors (Lipinski definition) is 1. The highest BCUT2D eigenvalue weighted by atomic mass is 79.9. The van der Waals surface area contributed by atoms with Crippen molar-refractivity contribution >= 4 is 43.2 Å². The van der Waals surface area contributed by atoms with E-state index in [1.54, 1.807) is 18.2 Å². The third-order valence-corrected chi connectivity index (χ3v) is 7.14. The normalized spacial score (nSPS) is 15.9. The van der Waals surface area contributed by atoms with Crippen molar-refractivity contribution in [2.24, 2.45) is 0 Å². The van der Waals surface area contributed by atoms with Crippen LogP contribution in [-0.2, 0) is 10.0 Å². The molecule has 2 aromatic rings. The summed E-state index contributed by atoms with van der Waals surface area (Å²) in [7, 11) is -4.14. The Labute approximate surface area is 159 Å². The van der Waals surface area contributed by atoms with Crippen molar-refractivity contribution in [3.05, 3.63) is 50.3 Å². The minimum Gasteiger partial charge on any atom is -0.380 e. The second-order valence-electron chi connectivity index (χ2n) is 5.94. The Kier molecular flexibility index (Phi) is 5.50. The van der Waals surface area contributed by atoms with E-state index in [0.717, 1.165) is 25.7 Å². The molecular weight excluding hydrogens is 430 g/mol. The fourth-order valence-electron chi connectivity index (χ4n) is 2.90. The summed E-state index contributed by atoms with van der Waals surface area (Å²) in [6, 6.07) is 6.46. The lowest BCUT2D eigenvalue weighted by Gasteiger charge is -2.24. The maximum Gasteiger partial charge on any atom is 0.302 e. The van der Waals surface area contributed by atoms with E-state index in [2.05, 4.69) is 26.3 Å². The summed E-state index contributed by atoms with van der Waals surface area (Å²) in [5, 5.41) is 6.88. The van der Waals surface area contributed by atoms with Crippen LogP contribution in [0.5, 0.6) is 0 Å². The van der Waals surface area contributed by atoms with Gasteiger partial charge < -0.3 is 5.32 Å². The van der Waals surface area contributed by atoms with E-state index in [0.29, 0.717) is 14.2 Å². The zero-order chi connectivity index (χ0) is 18.0. The number of hydrogen-bond acceptors (Lipinski definition) is 5. The largest absolute Gasteiger partial charge is 0.380 e. The summed E-state index contributed by atoms with van der Waals surface area (Å²) in [6.45, 7) is 0. The van der Waals surface area contributed by atoms with Gasteiger partial charge >= 0.3 is 5.56 Å². The molecule has 9 heteroatoms. The fourth-order valence-corrected chi connectivity index (χ4v) is 5.27. The highest BCUT2D eigenvalue weighted by Gasteiger charge is 2.25. The molecular formula is C16H17BrClN3O3S. The minimum atomic E-state index is -4.14. The van der Waals surface area contributed by atoms with E-state index in [1.807, 2.05) is 0 Å². The maximum absolute atomic E-state index is 12.7. The molecule has 134 valence electrons. The van der Waals surface area contributed by atoms with Gasteiger partial charge in [-0.3, -0.25) is 4.79 Å². The van der Waals surface area contributed by atoms with E-state index < -0.39 is 15.6 Å². The first-order valence-corrected chi connectivity index (χ1v) is 10.6. The number of benzene rings is 1. The molecule has 0 aliphatic heterocycles. The van der Waals surface area contributed by atoms with Gasteiger partial charge in [-0.05, 0) is 40.9 Å². The topological polar surface area (TPSA) is 81.1 Å². The second kappa shape index (κ2) is 7.47. The number of rotatable bonds is 4. The molecule has 1 saturated carbocycles. The Morgan fingerprint density at radius 1 is 1.20 bits per heavy atom. The van der Waals surface area contributed by atoms with Crippen LogP contribution in [0, 0.1) is 0 Å². The summed E-state index contributed by atoms with van der Waals surface area (Å²) in [4.78, 5) is 12.4. The molecule has 0 saturated heterocycles. The predicted molar refractivity (Wildman–Crippen MR) is 101 cm³/mol. The quantitative estimate of drug-likeness (QED) is 0.775. The Morgan fingerprint density at radius 2 is 1.88 bits per heavy atom. The van der Waals surface area contributed by atoms with Crippen LogP contribution < -0.4 is 10.9 Å². The molecule has 25 heavy (non-hydrogen) atoms. The van der Waals surface area contributed by atoms with Crippen molar-refractivity contribution in [1.29, 1.82) is 0 Å². The van der Waals surface area contributed by atoms with Gasteiger partial charge in [0, 0.05) is 10.5 Å². The van der Waals surface area contributed by atoms with Crippen LogP contribution in [0.3, 0.4) is 0 Å². The van der Waals surface area contributed by atoms with Gasteiger partial charge in [0.25, 0.3) is 10.0 Å². The molecule has 1 aromatic heterocycles. The van der Waals surface area contributed by atoms with E-state index in [4.69, 9.17) is 11.6 Å². The lowest BCUT2D eigenvalue weighted by Crippen LogP contribution is -2.32. The zero-order valence-electron chi connectivity index (χ0n) is 13.3. The number of aromatic nitrogens is 2. The van der Waals surface area contributed by atoms with Gasteiger partial charge in [-0.15, -0.1) is 4.09 Å². The van der Waals surface area contributed by atoms with Gasteiger partial charge in [0.1, 0.15) is 9.92 Å². The predicted octanol–water partition coefficient (Wildman–Crippen LogP) is 3.64. The molecule has 1 fully saturated rings. The van der Waals surface area contributed by atoms with Crippen LogP contribution in [0.15, 0.2) is 44.6 Å². The van der Waals surface area contributed by atoms with Crippen molar-refractivity contribution in [2.45, 2.75) is 43.0 Å². The Morgan fingerprint density at radius 3 is 2.56 bits per heavy atom. The second-order valence-corrected chi connectivity index (χ2v) is 8.90. The number of anilines is 1. The van der Waals surface area contributed by atoms with Crippen molar-refractivity contribution < 1.29 is 8.42 Å². The third-order valence-electron chi connectivity index (χ3n) is 4.20. The van der Waals surface area contributed by atoms with E-state index in [9.17, 15) is 13.2 Å². The summed E-state index contributed by atoms with van der Waals surface area (Å²) < 4.78 is 26.2. The number of nitrogens with one attached hydrogen (secondary N) is 1. The molecule has 0 atom stereocenters. The minimum absolute atomic E-state index is 0.0475. The van der Waals surface area contributed by atoms with E-state index >= 15 is 0 Å². The molecule has 0 radical (unpaired) electrons. The molecule has 6 nitrogen and oxygen atoms in total. The van der Waals surface area contributed by atoms with Gasteiger partial charge in [-0.1, -0.05) is 43.0 Å². The fraction of sp³-hybridized carbons (Fsp3) is 0.375. The maximum atomic E-state index is 12.7. The van der Waals surface area contributed by atoms with Gasteiger partial charge in [-0.25, -0.2) is 0 Å². The number of halogens is 2. The molecule has 1 aromatic carbocycles. The summed E-state index contributed by atoms with van der Waals surface area (Å²) in [5.41, 5.74) is -0.490. The Hall–Kier alpha value is -1.38. The highest BCUT2D eigenvalue weighted by Crippen LogP contribution is 2.26. The first-order chi connectivity index (χ1) is 11.9. The lowest BCUT2D eigenvalue weighted by molar-refractivity contribution is 0.462. The molecule has 0 spiro atoms. The summed E-state index contributed by atoms with van der Waals surface area (Å²) in [5.74, 6) is 0. The van der Waals surface area contributed by atoms with Crippen molar-refractivity contribution in [1.82, 2.24) is 9.19 Å². The molecule has 1 aliphatic rings. The lowest BCUT2D eigenvalue weighted by atomic mass is 9.95. The monoisotopic (exact) mass is 445 g/mol. The van der Waals surface area contributed by atoms with Crippen molar-refractivity contribution in [3.8, 4) is 0 Å². The molecule has 1 aliphatic carbocycles. The Bertz CT molecular complexity index is 940. The molecule has 0 amide bonds. The molecule has 3 rings (SSSR count). The van der Waals surface area contributed by atoms with E-state index in [-0.39, 0.29) is 16.0 Å². The van der Waals surface area contributed by atoms with Crippen LogP contribution in [0.2, 0.25) is 5.02 Å². The van der Waals surface area contributed by atoms with Crippen molar-refractivity contribution in [3.63, 3.8) is 0 Å². The Balaban J connectivity index is 1.97. The van der Waals surface area contributed by atoms with Crippen molar-refractivity contribution in [2.75, 3.05) is 5.32 Å². The smallest absolute Gasteiger partial charge is 0.302 e. The van der Waals surface area contributed by atoms with Gasteiger partial charge in [-0.2, -0.15) is 13.5 Å². The first-order valence-electron chi connectivity index (χ1n) is 7.96. The average molecular weight is 447 g/mol. The molecule has 1 heterocycles. The standard InChI is InChI=1S/C16H17BrClN3O3S/c17-12-8-4-5-9-14(12)25(23,24)21-16(22)15(18)13(10-19-21)20-11-6-2-1-3-7-11/h4-5,8-11,20H,1-3,6-7H2. The first kappa shape index (κ1) is 18.4. The van der Waals surface area contributed by atoms with Crippen LogP contribution >= 0.6 is 27.5 Å². The average Bonchev–Trinajstić information content (AvgIpc) is 2.60. The van der Waals surface area contributed by atoms with Crippen LogP contribution in [-0.4, -0.2) is 23.6 Å². The van der Waals surface area contributed by atoms with Crippen LogP contribution in [0.25, 0.3) is 0 Å². The van der Waals surface area contributed by atoms with Crippen LogP contribution in [0.4, 0.5) is 5.69 Å². The molecule has 0 unspecified atom stereocenters. The SMILES string of the molecule is O=c1c(Cl)c(NC2CCCCC2)cnn1S(=O)(=O)c1ccccc1Br. The molecule has 1 N–H and O–H groups in total. The highest BCUT2D eigenvalue weighted by molar-refractivity contribution is 9.10. The third kappa shape index (κ3) is 3.75. The van der Waals surface area contributed by atoms with Gasteiger partial charge in [0.2, 0.25) is 0 Å². The van der Waals surface area contributed by atoms with E-state index in [1.165, 1.54) is 18.7 Å².